The van der Waals surface area contributed by atoms with Gasteiger partial charge in [0, 0.05) is 17.3 Å². The highest BCUT2D eigenvalue weighted by Gasteiger charge is 2.32. The Labute approximate surface area is 127 Å². The van der Waals surface area contributed by atoms with Crippen molar-refractivity contribution in [3.05, 3.63) is 51.7 Å². The average molecular weight is 297 g/mol. The smallest absolute Gasteiger partial charge is 0.269 e. The van der Waals surface area contributed by atoms with Gasteiger partial charge in [-0.25, -0.2) is 0 Å². The Bertz CT molecular complexity index is 738. The number of para-hydroxylation sites is 1. The van der Waals surface area contributed by atoms with Gasteiger partial charge < -0.3 is 10.0 Å². The van der Waals surface area contributed by atoms with E-state index in [4.69, 9.17) is 5.11 Å². The van der Waals surface area contributed by atoms with Crippen molar-refractivity contribution in [3.8, 4) is 11.8 Å². The zero-order valence-electron chi connectivity index (χ0n) is 11.7. The fourth-order valence-electron chi connectivity index (χ4n) is 2.69. The largest absolute Gasteiger partial charge is 0.384 e. The minimum absolute atomic E-state index is 0.00955. The van der Waals surface area contributed by atoms with Crippen LogP contribution >= 0.6 is 11.3 Å². The van der Waals surface area contributed by atoms with Gasteiger partial charge in [-0.05, 0) is 36.4 Å². The van der Waals surface area contributed by atoms with Gasteiger partial charge in [-0.3, -0.25) is 4.79 Å². The van der Waals surface area contributed by atoms with Crippen LogP contribution in [-0.2, 0) is 6.42 Å². The Hall–Kier alpha value is -2.09. The number of aliphatic hydroxyl groups excluding tert-OH is 1. The van der Waals surface area contributed by atoms with E-state index in [2.05, 4.69) is 24.8 Å². The van der Waals surface area contributed by atoms with Crippen molar-refractivity contribution < 1.29 is 9.90 Å². The first-order valence-electron chi connectivity index (χ1n) is 6.81. The fourth-order valence-corrected chi connectivity index (χ4v) is 3.48. The van der Waals surface area contributed by atoms with E-state index in [1.807, 2.05) is 34.5 Å². The molecule has 3 rings (SSSR count). The van der Waals surface area contributed by atoms with Gasteiger partial charge in [0.15, 0.2) is 0 Å². The van der Waals surface area contributed by atoms with Crippen LogP contribution in [0.15, 0.2) is 35.7 Å². The number of rotatable bonds is 1. The highest BCUT2D eigenvalue weighted by Crippen LogP contribution is 2.34. The van der Waals surface area contributed by atoms with Gasteiger partial charge in [0.1, 0.15) is 11.5 Å². The standard InChI is InChI=1S/C17H15NO2S/c1-12-11-14-5-2-3-7-15(14)18(12)17(20)16-13(6-4-9-19)8-10-21-16/h2-3,5,7-8,10,12,19H,9,11H2,1H3. The molecule has 1 N–H and O–H groups in total. The van der Waals surface area contributed by atoms with E-state index in [0.29, 0.717) is 10.4 Å². The minimum Gasteiger partial charge on any atom is -0.384 e. The molecular weight excluding hydrogens is 282 g/mol. The fraction of sp³-hybridized carbons (Fsp3) is 0.235. The first kappa shape index (κ1) is 13.9. The predicted molar refractivity (Wildman–Crippen MR) is 84.7 cm³/mol. The zero-order valence-corrected chi connectivity index (χ0v) is 12.5. The summed E-state index contributed by atoms with van der Waals surface area (Å²) in [5, 5.41) is 10.7. The summed E-state index contributed by atoms with van der Waals surface area (Å²) in [5.41, 5.74) is 2.89. The summed E-state index contributed by atoms with van der Waals surface area (Å²) in [5.74, 6) is 5.45. The van der Waals surface area contributed by atoms with E-state index >= 15 is 0 Å². The zero-order chi connectivity index (χ0) is 14.8. The maximum absolute atomic E-state index is 12.9. The molecule has 2 heterocycles. The molecular formula is C17H15NO2S. The number of nitrogens with zero attached hydrogens (tertiary/aromatic N) is 1. The molecule has 1 aliphatic heterocycles. The van der Waals surface area contributed by atoms with Crippen LogP contribution in [-0.4, -0.2) is 23.7 Å². The molecule has 3 nitrogen and oxygen atoms in total. The SMILES string of the molecule is CC1Cc2ccccc2N1C(=O)c1sccc1C#CCO. The molecule has 1 aromatic carbocycles. The second-order valence-electron chi connectivity index (χ2n) is 4.98. The lowest BCUT2D eigenvalue weighted by atomic mass is 10.1. The van der Waals surface area contributed by atoms with E-state index in [1.165, 1.54) is 16.9 Å². The van der Waals surface area contributed by atoms with Crippen LogP contribution in [0.2, 0.25) is 0 Å². The van der Waals surface area contributed by atoms with E-state index in [0.717, 1.165) is 12.1 Å². The van der Waals surface area contributed by atoms with Crippen molar-refractivity contribution in [2.45, 2.75) is 19.4 Å². The summed E-state index contributed by atoms with van der Waals surface area (Å²) >= 11 is 1.40. The Kier molecular flexibility index (Phi) is 3.78. The van der Waals surface area contributed by atoms with Crippen molar-refractivity contribution >= 4 is 22.9 Å². The van der Waals surface area contributed by atoms with Crippen LogP contribution < -0.4 is 4.90 Å². The molecule has 21 heavy (non-hydrogen) atoms. The lowest BCUT2D eigenvalue weighted by molar-refractivity contribution is 0.0985. The second-order valence-corrected chi connectivity index (χ2v) is 5.90. The first-order chi connectivity index (χ1) is 10.2. The molecule has 2 aromatic rings. The Morgan fingerprint density at radius 1 is 1.43 bits per heavy atom. The molecule has 106 valence electrons. The Balaban J connectivity index is 1.98. The molecule has 1 atom stereocenters. The average Bonchev–Trinajstić information content (AvgIpc) is 3.07. The molecule has 0 saturated carbocycles. The maximum Gasteiger partial charge on any atom is 0.269 e. The van der Waals surface area contributed by atoms with Gasteiger partial charge in [-0.15, -0.1) is 11.3 Å². The summed E-state index contributed by atoms with van der Waals surface area (Å²) in [7, 11) is 0. The summed E-state index contributed by atoms with van der Waals surface area (Å²) in [6.45, 7) is 1.86. The molecule has 0 fully saturated rings. The highest BCUT2D eigenvalue weighted by atomic mass is 32.1. The first-order valence-corrected chi connectivity index (χ1v) is 7.69. The highest BCUT2D eigenvalue weighted by molar-refractivity contribution is 7.12. The Morgan fingerprint density at radius 2 is 2.24 bits per heavy atom. The van der Waals surface area contributed by atoms with E-state index in [9.17, 15) is 4.79 Å². The molecule has 0 saturated heterocycles. The number of hydrogen-bond donors (Lipinski definition) is 1. The molecule has 0 aliphatic carbocycles. The number of thiophene rings is 1. The molecule has 4 heteroatoms. The number of carbonyl (C=O) groups is 1. The van der Waals surface area contributed by atoms with Crippen molar-refractivity contribution in [2.24, 2.45) is 0 Å². The van der Waals surface area contributed by atoms with Crippen LogP contribution in [0.4, 0.5) is 5.69 Å². The van der Waals surface area contributed by atoms with Crippen molar-refractivity contribution in [2.75, 3.05) is 11.5 Å². The van der Waals surface area contributed by atoms with Crippen LogP contribution in [0.3, 0.4) is 0 Å². The number of amides is 1. The number of carbonyl (C=O) groups excluding carboxylic acids is 1. The second kappa shape index (κ2) is 5.72. The molecule has 1 unspecified atom stereocenters. The summed E-state index contributed by atoms with van der Waals surface area (Å²) < 4.78 is 0. The van der Waals surface area contributed by atoms with E-state index < -0.39 is 0 Å². The molecule has 1 aliphatic rings. The normalized spacial score (nSPS) is 16.3. The van der Waals surface area contributed by atoms with Crippen LogP contribution in [0, 0.1) is 11.8 Å². The molecule has 1 aromatic heterocycles. The summed E-state index contributed by atoms with van der Waals surface area (Å²) in [6.07, 6.45) is 0.880. The third kappa shape index (κ3) is 2.46. The third-order valence-electron chi connectivity index (χ3n) is 3.59. The van der Waals surface area contributed by atoms with Gasteiger partial charge in [0.2, 0.25) is 0 Å². The third-order valence-corrected chi connectivity index (χ3v) is 4.49. The predicted octanol–water partition coefficient (Wildman–Crippen LogP) is 2.68. The van der Waals surface area contributed by atoms with E-state index in [-0.39, 0.29) is 18.6 Å². The van der Waals surface area contributed by atoms with E-state index in [1.54, 1.807) is 0 Å². The molecule has 1 amide bonds. The van der Waals surface area contributed by atoms with Crippen LogP contribution in [0.5, 0.6) is 0 Å². The number of anilines is 1. The maximum atomic E-state index is 12.9. The van der Waals surface area contributed by atoms with Crippen molar-refractivity contribution in [1.29, 1.82) is 0 Å². The quantitative estimate of drug-likeness (QED) is 0.822. The molecule has 0 radical (unpaired) electrons. The van der Waals surface area contributed by atoms with Crippen LogP contribution in [0.1, 0.15) is 27.7 Å². The number of benzene rings is 1. The van der Waals surface area contributed by atoms with Crippen molar-refractivity contribution in [1.82, 2.24) is 0 Å². The monoisotopic (exact) mass is 297 g/mol. The molecule has 0 spiro atoms. The molecule has 0 bridgehead atoms. The lowest BCUT2D eigenvalue weighted by Crippen LogP contribution is -2.35. The summed E-state index contributed by atoms with van der Waals surface area (Å²) in [4.78, 5) is 15.4. The Morgan fingerprint density at radius 3 is 3.05 bits per heavy atom. The topological polar surface area (TPSA) is 40.5 Å². The van der Waals surface area contributed by atoms with Crippen LogP contribution in [0.25, 0.3) is 0 Å². The van der Waals surface area contributed by atoms with Gasteiger partial charge in [0.25, 0.3) is 5.91 Å². The van der Waals surface area contributed by atoms with Gasteiger partial charge in [-0.2, -0.15) is 0 Å². The number of fused-ring (bicyclic) bond motifs is 1. The number of hydrogen-bond acceptors (Lipinski definition) is 3. The summed E-state index contributed by atoms with van der Waals surface area (Å²) in [6, 6.07) is 9.99. The minimum atomic E-state index is -0.202. The van der Waals surface area contributed by atoms with Gasteiger partial charge >= 0.3 is 0 Å². The van der Waals surface area contributed by atoms with Gasteiger partial charge in [0.05, 0.1) is 0 Å². The van der Waals surface area contributed by atoms with Gasteiger partial charge in [-0.1, -0.05) is 30.0 Å². The lowest BCUT2D eigenvalue weighted by Gasteiger charge is -2.22. The number of aliphatic hydroxyl groups is 1. The van der Waals surface area contributed by atoms with Crippen molar-refractivity contribution in [3.63, 3.8) is 0 Å².